The summed E-state index contributed by atoms with van der Waals surface area (Å²) in [6.07, 6.45) is 1.18. The first kappa shape index (κ1) is 11.6. The summed E-state index contributed by atoms with van der Waals surface area (Å²) in [6, 6.07) is 0.0604. The molecule has 4 heteroatoms. The maximum absolute atomic E-state index is 5.75. The van der Waals surface area contributed by atoms with Crippen LogP contribution in [0.2, 0.25) is 0 Å². The van der Waals surface area contributed by atoms with E-state index >= 15 is 0 Å². The molecule has 0 aromatic carbocycles. The van der Waals surface area contributed by atoms with Crippen molar-refractivity contribution in [2.24, 2.45) is 5.73 Å². The third kappa shape index (κ3) is 3.36. The second-order valence-corrected chi connectivity index (χ2v) is 4.59. The molecule has 1 rings (SSSR count). The topological polar surface area (TPSA) is 42.1 Å². The predicted octanol–water partition coefficient (Wildman–Crippen LogP) is 2.00. The van der Waals surface area contributed by atoms with Crippen molar-refractivity contribution in [3.63, 3.8) is 0 Å². The highest BCUT2D eigenvalue weighted by atomic mass is 32.1. The van der Waals surface area contributed by atoms with Crippen LogP contribution in [0.3, 0.4) is 0 Å². The molecule has 0 saturated carbocycles. The van der Waals surface area contributed by atoms with Gasteiger partial charge in [-0.1, -0.05) is 6.92 Å². The second-order valence-electron chi connectivity index (χ2n) is 3.70. The first-order valence-electron chi connectivity index (χ1n) is 5.02. The van der Waals surface area contributed by atoms with Crippen molar-refractivity contribution in [2.75, 3.05) is 13.6 Å². The van der Waals surface area contributed by atoms with Crippen molar-refractivity contribution >= 4 is 11.3 Å². The van der Waals surface area contributed by atoms with E-state index < -0.39 is 0 Å². The van der Waals surface area contributed by atoms with Crippen molar-refractivity contribution in [1.29, 1.82) is 0 Å². The quantitative estimate of drug-likeness (QED) is 0.813. The molecule has 0 fully saturated rings. The van der Waals surface area contributed by atoms with Gasteiger partial charge in [0.05, 0.1) is 11.7 Å². The van der Waals surface area contributed by atoms with Crippen LogP contribution in [-0.4, -0.2) is 23.5 Å². The maximum atomic E-state index is 5.75. The zero-order valence-electron chi connectivity index (χ0n) is 9.16. The van der Waals surface area contributed by atoms with Gasteiger partial charge in [-0.3, -0.25) is 0 Å². The molecule has 3 nitrogen and oxygen atoms in total. The van der Waals surface area contributed by atoms with E-state index in [9.17, 15) is 0 Å². The summed E-state index contributed by atoms with van der Waals surface area (Å²) in [7, 11) is 2.12. The van der Waals surface area contributed by atoms with Crippen LogP contribution >= 0.6 is 11.3 Å². The van der Waals surface area contributed by atoms with Crippen LogP contribution in [0.4, 0.5) is 0 Å². The molecule has 1 aromatic heterocycles. The third-order valence-electron chi connectivity index (χ3n) is 2.00. The fourth-order valence-electron chi connectivity index (χ4n) is 1.34. The van der Waals surface area contributed by atoms with Gasteiger partial charge in [0.1, 0.15) is 5.01 Å². The highest BCUT2D eigenvalue weighted by Crippen LogP contribution is 2.16. The molecular weight excluding hydrogens is 194 g/mol. The van der Waals surface area contributed by atoms with Gasteiger partial charge in [0.25, 0.3) is 0 Å². The Morgan fingerprint density at radius 3 is 2.86 bits per heavy atom. The second kappa shape index (κ2) is 5.44. The minimum absolute atomic E-state index is 0.0604. The van der Waals surface area contributed by atoms with Gasteiger partial charge < -0.3 is 10.6 Å². The average molecular weight is 213 g/mol. The molecule has 0 amide bonds. The van der Waals surface area contributed by atoms with E-state index in [1.807, 2.05) is 6.92 Å². The molecule has 2 N–H and O–H groups in total. The summed E-state index contributed by atoms with van der Waals surface area (Å²) >= 11 is 1.65. The van der Waals surface area contributed by atoms with E-state index in [1.54, 1.807) is 11.3 Å². The first-order valence-corrected chi connectivity index (χ1v) is 5.90. The molecule has 1 aromatic rings. The average Bonchev–Trinajstić information content (AvgIpc) is 2.53. The molecular formula is C10H19N3S. The lowest BCUT2D eigenvalue weighted by Crippen LogP contribution is -2.18. The Morgan fingerprint density at radius 1 is 1.64 bits per heavy atom. The van der Waals surface area contributed by atoms with Crippen LogP contribution < -0.4 is 5.73 Å². The monoisotopic (exact) mass is 213 g/mol. The molecule has 1 unspecified atom stereocenters. The molecule has 80 valence electrons. The van der Waals surface area contributed by atoms with Gasteiger partial charge >= 0.3 is 0 Å². The van der Waals surface area contributed by atoms with Crippen LogP contribution in [0.1, 0.15) is 37.0 Å². The van der Waals surface area contributed by atoms with Gasteiger partial charge in [0, 0.05) is 11.9 Å². The first-order chi connectivity index (χ1) is 6.63. The predicted molar refractivity (Wildman–Crippen MR) is 61.3 cm³/mol. The Kier molecular flexibility index (Phi) is 4.51. The van der Waals surface area contributed by atoms with Gasteiger partial charge in [0.2, 0.25) is 0 Å². The third-order valence-corrected chi connectivity index (χ3v) is 3.09. The van der Waals surface area contributed by atoms with Gasteiger partial charge in [-0.2, -0.15) is 0 Å². The van der Waals surface area contributed by atoms with Crippen LogP contribution in [0, 0.1) is 0 Å². The van der Waals surface area contributed by atoms with Gasteiger partial charge in [0.15, 0.2) is 0 Å². The summed E-state index contributed by atoms with van der Waals surface area (Å²) in [6.45, 7) is 6.20. The van der Waals surface area contributed by atoms with Gasteiger partial charge in [-0.25, -0.2) is 4.98 Å². The maximum Gasteiger partial charge on any atom is 0.109 e. The minimum atomic E-state index is 0.0604. The Balaban J connectivity index is 2.51. The number of hydrogen-bond donors (Lipinski definition) is 1. The molecule has 0 bridgehead atoms. The number of rotatable bonds is 5. The van der Waals surface area contributed by atoms with Crippen LogP contribution in [0.15, 0.2) is 5.38 Å². The minimum Gasteiger partial charge on any atom is -0.322 e. The Morgan fingerprint density at radius 2 is 2.36 bits per heavy atom. The van der Waals surface area contributed by atoms with E-state index in [-0.39, 0.29) is 6.04 Å². The number of thiazole rings is 1. The summed E-state index contributed by atoms with van der Waals surface area (Å²) in [5.74, 6) is 0. The van der Waals surface area contributed by atoms with Crippen molar-refractivity contribution in [2.45, 2.75) is 32.9 Å². The molecule has 0 spiro atoms. The van der Waals surface area contributed by atoms with E-state index in [2.05, 4.69) is 29.2 Å². The smallest absolute Gasteiger partial charge is 0.109 e. The molecule has 1 heterocycles. The lowest BCUT2D eigenvalue weighted by Gasteiger charge is -2.13. The van der Waals surface area contributed by atoms with Crippen molar-refractivity contribution in [3.8, 4) is 0 Å². The Hall–Kier alpha value is -0.450. The lowest BCUT2D eigenvalue weighted by molar-refractivity contribution is 0.324. The molecule has 0 saturated heterocycles. The molecule has 1 atom stereocenters. The van der Waals surface area contributed by atoms with Crippen LogP contribution in [-0.2, 0) is 6.54 Å². The van der Waals surface area contributed by atoms with Crippen LogP contribution in [0.25, 0.3) is 0 Å². The Bertz CT molecular complexity index is 270. The summed E-state index contributed by atoms with van der Waals surface area (Å²) in [5, 5.41) is 3.13. The van der Waals surface area contributed by atoms with Crippen molar-refractivity contribution in [1.82, 2.24) is 9.88 Å². The number of nitrogens with two attached hydrogens (primary N) is 1. The molecule has 14 heavy (non-hydrogen) atoms. The van der Waals surface area contributed by atoms with E-state index in [0.29, 0.717) is 0 Å². The highest BCUT2D eigenvalue weighted by Gasteiger charge is 2.07. The summed E-state index contributed by atoms with van der Waals surface area (Å²) < 4.78 is 0. The molecule has 0 aliphatic heterocycles. The van der Waals surface area contributed by atoms with Crippen molar-refractivity contribution < 1.29 is 0 Å². The number of aromatic nitrogens is 1. The molecule has 0 aliphatic rings. The van der Waals surface area contributed by atoms with Crippen LogP contribution in [0.5, 0.6) is 0 Å². The number of nitrogens with zero attached hydrogens (tertiary/aromatic N) is 2. The fourth-order valence-corrected chi connectivity index (χ4v) is 2.11. The molecule has 0 radical (unpaired) electrons. The standard InChI is InChI=1S/C10H19N3S/c1-4-5-13(3)6-9-7-14-10(12-9)8(2)11/h7-8H,4-6,11H2,1-3H3. The zero-order chi connectivity index (χ0) is 10.6. The lowest BCUT2D eigenvalue weighted by atomic mass is 10.3. The van der Waals surface area contributed by atoms with E-state index in [0.717, 1.165) is 23.8 Å². The van der Waals surface area contributed by atoms with Gasteiger partial charge in [-0.15, -0.1) is 11.3 Å². The van der Waals surface area contributed by atoms with Crippen molar-refractivity contribution in [3.05, 3.63) is 16.1 Å². The summed E-state index contributed by atoms with van der Waals surface area (Å²) in [5.41, 5.74) is 6.89. The highest BCUT2D eigenvalue weighted by molar-refractivity contribution is 7.09. The molecule has 0 aliphatic carbocycles. The van der Waals surface area contributed by atoms with Gasteiger partial charge in [-0.05, 0) is 26.9 Å². The Labute approximate surface area is 89.9 Å². The normalized spacial score (nSPS) is 13.5. The fraction of sp³-hybridized carbons (Fsp3) is 0.700. The SMILES string of the molecule is CCCN(C)Cc1csc(C(C)N)n1. The number of hydrogen-bond acceptors (Lipinski definition) is 4. The zero-order valence-corrected chi connectivity index (χ0v) is 9.97. The largest absolute Gasteiger partial charge is 0.322 e. The summed E-state index contributed by atoms with van der Waals surface area (Å²) in [4.78, 5) is 6.76. The van der Waals surface area contributed by atoms with E-state index in [4.69, 9.17) is 5.73 Å². The van der Waals surface area contributed by atoms with E-state index in [1.165, 1.54) is 6.42 Å².